The van der Waals surface area contributed by atoms with E-state index in [0.29, 0.717) is 0 Å². The van der Waals surface area contributed by atoms with E-state index < -0.39 is 0 Å². The van der Waals surface area contributed by atoms with Gasteiger partial charge in [-0.15, -0.1) is 0 Å². The minimum atomic E-state index is 0.878. The number of hydrogen-bond donors (Lipinski definition) is 1. The van der Waals surface area contributed by atoms with Crippen molar-refractivity contribution in [2.24, 2.45) is 0 Å². The molecule has 1 fully saturated rings. The Morgan fingerprint density at radius 3 is 2.59 bits per heavy atom. The lowest BCUT2D eigenvalue weighted by atomic mass is 10.1. The highest BCUT2D eigenvalue weighted by molar-refractivity contribution is 5.48. The topological polar surface area (TPSA) is 44.3 Å². The predicted octanol–water partition coefficient (Wildman–Crippen LogP) is 1.88. The average Bonchev–Trinajstić information content (AvgIpc) is 2.57. The molecule has 3 rings (SSSR count). The van der Waals surface area contributed by atoms with Crippen LogP contribution in [0.25, 0.3) is 0 Å². The standard InChI is InChI=1S/C17H23N5/c1-21-9-11-22(12-10-21)17-13-16(19-14-20-17)18-8-7-15-5-3-2-4-6-15/h2-6,13-14H,7-12H2,1H3,(H,18,19,20). The summed E-state index contributed by atoms with van der Waals surface area (Å²) >= 11 is 0. The molecular weight excluding hydrogens is 274 g/mol. The Hall–Kier alpha value is -2.14. The third kappa shape index (κ3) is 3.95. The molecule has 0 aliphatic carbocycles. The zero-order valence-corrected chi connectivity index (χ0v) is 13.1. The number of benzene rings is 1. The van der Waals surface area contributed by atoms with Gasteiger partial charge in [-0.2, -0.15) is 0 Å². The van der Waals surface area contributed by atoms with Crippen molar-refractivity contribution >= 4 is 11.6 Å². The number of anilines is 2. The summed E-state index contributed by atoms with van der Waals surface area (Å²) in [6, 6.07) is 12.5. The minimum absolute atomic E-state index is 0.878. The molecule has 1 saturated heterocycles. The summed E-state index contributed by atoms with van der Waals surface area (Å²) in [6.45, 7) is 5.10. The number of likely N-dealkylation sites (N-methyl/N-ethyl adjacent to an activating group) is 1. The number of nitrogens with zero attached hydrogens (tertiary/aromatic N) is 4. The SMILES string of the molecule is CN1CCN(c2cc(NCCc3ccccc3)ncn2)CC1. The second-order valence-corrected chi connectivity index (χ2v) is 5.71. The molecule has 22 heavy (non-hydrogen) atoms. The normalized spacial score (nSPS) is 15.8. The molecule has 5 heteroatoms. The highest BCUT2D eigenvalue weighted by atomic mass is 15.3. The van der Waals surface area contributed by atoms with Gasteiger partial charge in [-0.1, -0.05) is 30.3 Å². The summed E-state index contributed by atoms with van der Waals surface area (Å²) in [6.07, 6.45) is 2.65. The molecule has 0 saturated carbocycles. The van der Waals surface area contributed by atoms with Gasteiger partial charge in [-0.05, 0) is 19.0 Å². The van der Waals surface area contributed by atoms with Crippen LogP contribution in [0.1, 0.15) is 5.56 Å². The summed E-state index contributed by atoms with van der Waals surface area (Å²) in [5.41, 5.74) is 1.34. The van der Waals surface area contributed by atoms with Gasteiger partial charge in [0.25, 0.3) is 0 Å². The van der Waals surface area contributed by atoms with Crippen LogP contribution < -0.4 is 10.2 Å². The molecule has 1 aliphatic rings. The number of rotatable bonds is 5. The first-order valence-electron chi connectivity index (χ1n) is 7.84. The minimum Gasteiger partial charge on any atom is -0.370 e. The third-order valence-corrected chi connectivity index (χ3v) is 4.04. The first-order valence-corrected chi connectivity index (χ1v) is 7.84. The van der Waals surface area contributed by atoms with E-state index in [1.165, 1.54) is 5.56 Å². The maximum Gasteiger partial charge on any atom is 0.134 e. The summed E-state index contributed by atoms with van der Waals surface area (Å²) in [7, 11) is 2.16. The molecule has 1 aromatic heterocycles. The van der Waals surface area contributed by atoms with Crippen LogP contribution in [-0.4, -0.2) is 54.6 Å². The maximum atomic E-state index is 4.41. The van der Waals surface area contributed by atoms with Crippen LogP contribution >= 0.6 is 0 Å². The number of piperazine rings is 1. The van der Waals surface area contributed by atoms with Crippen molar-refractivity contribution in [3.8, 4) is 0 Å². The Kier molecular flexibility index (Phi) is 4.85. The van der Waals surface area contributed by atoms with Crippen molar-refractivity contribution in [2.75, 3.05) is 50.0 Å². The second-order valence-electron chi connectivity index (χ2n) is 5.71. The van der Waals surface area contributed by atoms with Gasteiger partial charge in [-0.25, -0.2) is 9.97 Å². The van der Waals surface area contributed by atoms with Crippen LogP contribution in [0, 0.1) is 0 Å². The van der Waals surface area contributed by atoms with Crippen LogP contribution in [0.3, 0.4) is 0 Å². The summed E-state index contributed by atoms with van der Waals surface area (Å²) in [4.78, 5) is 13.4. The van der Waals surface area contributed by atoms with Crippen LogP contribution in [0.2, 0.25) is 0 Å². The Bertz CT molecular complexity index is 579. The van der Waals surface area contributed by atoms with Crippen LogP contribution in [0.15, 0.2) is 42.7 Å². The molecule has 2 heterocycles. The van der Waals surface area contributed by atoms with Gasteiger partial charge in [0, 0.05) is 38.8 Å². The number of nitrogens with one attached hydrogen (secondary N) is 1. The van der Waals surface area contributed by atoms with E-state index >= 15 is 0 Å². The number of aromatic nitrogens is 2. The molecule has 2 aromatic rings. The largest absolute Gasteiger partial charge is 0.370 e. The smallest absolute Gasteiger partial charge is 0.134 e. The molecular formula is C17H23N5. The lowest BCUT2D eigenvalue weighted by Gasteiger charge is -2.33. The van der Waals surface area contributed by atoms with Gasteiger partial charge >= 0.3 is 0 Å². The zero-order chi connectivity index (χ0) is 15.2. The lowest BCUT2D eigenvalue weighted by molar-refractivity contribution is 0.312. The molecule has 0 radical (unpaired) electrons. The Labute approximate surface area is 132 Å². The van der Waals surface area contributed by atoms with E-state index in [9.17, 15) is 0 Å². The molecule has 5 nitrogen and oxygen atoms in total. The van der Waals surface area contributed by atoms with Gasteiger partial charge < -0.3 is 15.1 Å². The van der Waals surface area contributed by atoms with Crippen LogP contribution in [0.5, 0.6) is 0 Å². The quantitative estimate of drug-likeness (QED) is 0.913. The highest BCUT2D eigenvalue weighted by Gasteiger charge is 2.15. The fraction of sp³-hybridized carbons (Fsp3) is 0.412. The Morgan fingerprint density at radius 2 is 1.82 bits per heavy atom. The highest BCUT2D eigenvalue weighted by Crippen LogP contribution is 2.15. The van der Waals surface area contributed by atoms with Crippen molar-refractivity contribution in [1.29, 1.82) is 0 Å². The van der Waals surface area contributed by atoms with Crippen LogP contribution in [-0.2, 0) is 6.42 Å². The fourth-order valence-corrected chi connectivity index (χ4v) is 2.63. The van der Waals surface area contributed by atoms with E-state index in [1.807, 2.05) is 6.07 Å². The van der Waals surface area contributed by atoms with E-state index in [2.05, 4.69) is 62.5 Å². The van der Waals surface area contributed by atoms with Gasteiger partial charge in [0.05, 0.1) is 0 Å². The van der Waals surface area contributed by atoms with Crippen LogP contribution in [0.4, 0.5) is 11.6 Å². The summed E-state index contributed by atoms with van der Waals surface area (Å²) < 4.78 is 0. The van der Waals surface area contributed by atoms with E-state index in [-0.39, 0.29) is 0 Å². The van der Waals surface area contributed by atoms with Crippen molar-refractivity contribution < 1.29 is 0 Å². The fourth-order valence-electron chi connectivity index (χ4n) is 2.63. The van der Waals surface area contributed by atoms with E-state index in [4.69, 9.17) is 0 Å². The third-order valence-electron chi connectivity index (χ3n) is 4.04. The Balaban J connectivity index is 1.55. The maximum absolute atomic E-state index is 4.41. The second kappa shape index (κ2) is 7.22. The average molecular weight is 297 g/mol. The molecule has 0 bridgehead atoms. The van der Waals surface area contributed by atoms with Crippen molar-refractivity contribution in [2.45, 2.75) is 6.42 Å². The van der Waals surface area contributed by atoms with E-state index in [0.717, 1.165) is 50.8 Å². The van der Waals surface area contributed by atoms with Gasteiger partial charge in [0.15, 0.2) is 0 Å². The monoisotopic (exact) mass is 297 g/mol. The molecule has 0 spiro atoms. The predicted molar refractivity (Wildman–Crippen MR) is 90.4 cm³/mol. The van der Waals surface area contributed by atoms with Crippen molar-refractivity contribution in [3.63, 3.8) is 0 Å². The van der Waals surface area contributed by atoms with Gasteiger partial charge in [-0.3, -0.25) is 0 Å². The molecule has 1 N–H and O–H groups in total. The first kappa shape index (κ1) is 14.8. The van der Waals surface area contributed by atoms with E-state index in [1.54, 1.807) is 6.33 Å². The summed E-state index contributed by atoms with van der Waals surface area (Å²) in [5.74, 6) is 1.92. The molecule has 1 aliphatic heterocycles. The van der Waals surface area contributed by atoms with Gasteiger partial charge in [0.1, 0.15) is 18.0 Å². The zero-order valence-electron chi connectivity index (χ0n) is 13.1. The molecule has 0 unspecified atom stereocenters. The molecule has 1 aromatic carbocycles. The number of hydrogen-bond acceptors (Lipinski definition) is 5. The van der Waals surface area contributed by atoms with Crippen molar-refractivity contribution in [1.82, 2.24) is 14.9 Å². The molecule has 116 valence electrons. The van der Waals surface area contributed by atoms with Gasteiger partial charge in [0.2, 0.25) is 0 Å². The first-order chi connectivity index (χ1) is 10.8. The molecule has 0 amide bonds. The molecule has 0 atom stereocenters. The lowest BCUT2D eigenvalue weighted by Crippen LogP contribution is -2.44. The van der Waals surface area contributed by atoms with Crippen molar-refractivity contribution in [3.05, 3.63) is 48.3 Å². The summed E-state index contributed by atoms with van der Waals surface area (Å²) in [5, 5.41) is 3.39. The Morgan fingerprint density at radius 1 is 1.05 bits per heavy atom.